The maximum Gasteiger partial charge on any atom is 0.326 e. The van der Waals surface area contributed by atoms with Crippen LogP contribution in [-0.4, -0.2) is 42.0 Å². The Kier molecular flexibility index (Phi) is 5.85. The van der Waals surface area contributed by atoms with Crippen LogP contribution in [0.3, 0.4) is 0 Å². The van der Waals surface area contributed by atoms with Crippen molar-refractivity contribution in [3.63, 3.8) is 0 Å². The zero-order chi connectivity index (χ0) is 16.0. The number of carboxylic acid groups (broad SMARTS) is 1. The van der Waals surface area contributed by atoms with Crippen LogP contribution in [0.15, 0.2) is 12.1 Å². The molecule has 114 valence electrons. The second-order valence-corrected chi connectivity index (χ2v) is 5.07. The predicted octanol–water partition coefficient (Wildman–Crippen LogP) is 0.453. The lowest BCUT2D eigenvalue weighted by Crippen LogP contribution is -2.42. The third-order valence-corrected chi connectivity index (χ3v) is 3.33. The molecule has 8 nitrogen and oxygen atoms in total. The number of hydrogen-bond acceptors (Lipinski definition) is 6. The van der Waals surface area contributed by atoms with Crippen LogP contribution in [0, 0.1) is 0 Å². The Hall–Kier alpha value is -2.42. The largest absolute Gasteiger partial charge is 0.480 e. The molecule has 1 aromatic rings. The first-order valence-electron chi connectivity index (χ1n) is 5.81. The van der Waals surface area contributed by atoms with Crippen LogP contribution >= 0.6 is 11.3 Å². The fourth-order valence-corrected chi connectivity index (χ4v) is 2.24. The number of methoxy groups -OCH3 is 1. The average Bonchev–Trinajstić information content (AvgIpc) is 2.85. The van der Waals surface area contributed by atoms with Gasteiger partial charge < -0.3 is 20.5 Å². The number of rotatable bonds is 6. The molecule has 9 heteroatoms. The van der Waals surface area contributed by atoms with E-state index in [9.17, 15) is 19.2 Å². The Balaban J connectivity index is 2.73. The van der Waals surface area contributed by atoms with E-state index in [4.69, 9.17) is 5.11 Å². The number of aliphatic carboxylic acids is 1. The van der Waals surface area contributed by atoms with E-state index in [-0.39, 0.29) is 10.8 Å². The number of esters is 1. The average molecular weight is 314 g/mol. The topological polar surface area (TPSA) is 122 Å². The van der Waals surface area contributed by atoms with Crippen molar-refractivity contribution in [3.05, 3.63) is 17.0 Å². The minimum absolute atomic E-state index is 0.217. The summed E-state index contributed by atoms with van der Waals surface area (Å²) in [5.74, 6) is -3.01. The Bertz CT molecular complexity index is 568. The van der Waals surface area contributed by atoms with Crippen LogP contribution in [0.1, 0.15) is 23.0 Å². The highest BCUT2D eigenvalue weighted by molar-refractivity contribution is 7.18. The first kappa shape index (κ1) is 16.6. The molecule has 1 atom stereocenters. The number of nitrogens with one attached hydrogen (secondary N) is 2. The molecule has 0 aliphatic rings. The van der Waals surface area contributed by atoms with E-state index in [1.807, 2.05) is 0 Å². The summed E-state index contributed by atoms with van der Waals surface area (Å²) in [4.78, 5) is 45.1. The molecular formula is C12H14N2O6S. The maximum absolute atomic E-state index is 11.9. The van der Waals surface area contributed by atoms with Crippen molar-refractivity contribution in [2.45, 2.75) is 19.4 Å². The van der Waals surface area contributed by atoms with Crippen molar-refractivity contribution in [3.8, 4) is 0 Å². The summed E-state index contributed by atoms with van der Waals surface area (Å²) in [6.07, 6.45) is -0.471. The van der Waals surface area contributed by atoms with Gasteiger partial charge in [0, 0.05) is 6.92 Å². The van der Waals surface area contributed by atoms with Gasteiger partial charge in [-0.15, -0.1) is 11.3 Å². The van der Waals surface area contributed by atoms with Gasteiger partial charge in [0.2, 0.25) is 5.91 Å². The van der Waals surface area contributed by atoms with Crippen LogP contribution in [0.4, 0.5) is 5.00 Å². The highest BCUT2D eigenvalue weighted by atomic mass is 32.1. The van der Waals surface area contributed by atoms with Gasteiger partial charge in [0.1, 0.15) is 6.04 Å². The summed E-state index contributed by atoms with van der Waals surface area (Å²) in [5, 5.41) is 14.2. The Morgan fingerprint density at radius 2 is 2.00 bits per heavy atom. The molecule has 0 fully saturated rings. The lowest BCUT2D eigenvalue weighted by Gasteiger charge is -2.12. The van der Waals surface area contributed by atoms with Gasteiger partial charge >= 0.3 is 11.9 Å². The molecule has 1 aromatic heterocycles. The lowest BCUT2D eigenvalue weighted by molar-refractivity contribution is -0.147. The summed E-state index contributed by atoms with van der Waals surface area (Å²) in [6, 6.07) is 1.59. The van der Waals surface area contributed by atoms with Gasteiger partial charge in [0.25, 0.3) is 5.91 Å². The van der Waals surface area contributed by atoms with E-state index in [1.165, 1.54) is 19.1 Å². The van der Waals surface area contributed by atoms with Gasteiger partial charge in [-0.25, -0.2) is 4.79 Å². The molecule has 0 bridgehead atoms. The molecule has 1 heterocycles. The minimum Gasteiger partial charge on any atom is -0.480 e. The molecule has 0 radical (unpaired) electrons. The minimum atomic E-state index is -1.38. The molecule has 0 unspecified atom stereocenters. The first-order valence-corrected chi connectivity index (χ1v) is 6.63. The van der Waals surface area contributed by atoms with E-state index < -0.39 is 30.3 Å². The van der Waals surface area contributed by atoms with Gasteiger partial charge in [0.05, 0.1) is 23.4 Å². The molecule has 21 heavy (non-hydrogen) atoms. The normalized spacial score (nSPS) is 11.3. The predicted molar refractivity (Wildman–Crippen MR) is 74.1 cm³/mol. The number of carbonyl (C=O) groups excluding carboxylic acids is 3. The number of ether oxygens (including phenoxy) is 1. The highest BCUT2D eigenvalue weighted by Gasteiger charge is 2.24. The van der Waals surface area contributed by atoms with Gasteiger partial charge in [-0.05, 0) is 12.1 Å². The third kappa shape index (κ3) is 5.22. The molecule has 0 spiro atoms. The fourth-order valence-electron chi connectivity index (χ4n) is 1.38. The molecule has 0 aliphatic heterocycles. The molecule has 0 saturated carbocycles. The number of anilines is 1. The number of hydrogen-bond donors (Lipinski definition) is 3. The molecule has 3 N–H and O–H groups in total. The molecule has 0 aromatic carbocycles. The van der Waals surface area contributed by atoms with Crippen molar-refractivity contribution in [1.82, 2.24) is 5.32 Å². The number of carbonyl (C=O) groups is 4. The van der Waals surface area contributed by atoms with E-state index in [2.05, 4.69) is 15.4 Å². The molecule has 2 amide bonds. The number of carboxylic acids is 1. The zero-order valence-corrected chi connectivity index (χ0v) is 12.2. The second-order valence-electron chi connectivity index (χ2n) is 3.99. The molecule has 0 aliphatic carbocycles. The van der Waals surface area contributed by atoms with Crippen molar-refractivity contribution in [2.24, 2.45) is 0 Å². The quantitative estimate of drug-likeness (QED) is 0.655. The highest BCUT2D eigenvalue weighted by Crippen LogP contribution is 2.21. The van der Waals surface area contributed by atoms with Crippen LogP contribution in [-0.2, 0) is 19.1 Å². The summed E-state index contributed by atoms with van der Waals surface area (Å²) in [7, 11) is 1.13. The first-order chi connectivity index (χ1) is 9.83. The lowest BCUT2D eigenvalue weighted by atomic mass is 10.2. The van der Waals surface area contributed by atoms with E-state index >= 15 is 0 Å². The van der Waals surface area contributed by atoms with Crippen LogP contribution in [0.2, 0.25) is 0 Å². The van der Waals surface area contributed by atoms with E-state index in [1.54, 1.807) is 0 Å². The van der Waals surface area contributed by atoms with Crippen LogP contribution < -0.4 is 10.6 Å². The summed E-state index contributed by atoms with van der Waals surface area (Å²) in [5.41, 5.74) is 0. The van der Waals surface area contributed by atoms with Crippen molar-refractivity contribution in [2.75, 3.05) is 12.4 Å². The van der Waals surface area contributed by atoms with Gasteiger partial charge in [-0.1, -0.05) is 0 Å². The summed E-state index contributed by atoms with van der Waals surface area (Å²) >= 11 is 0.995. The van der Waals surface area contributed by atoms with E-state index in [0.717, 1.165) is 18.4 Å². The van der Waals surface area contributed by atoms with Gasteiger partial charge in [0.15, 0.2) is 0 Å². The molecule has 1 rings (SSSR count). The second kappa shape index (κ2) is 7.39. The van der Waals surface area contributed by atoms with Crippen molar-refractivity contribution >= 4 is 40.1 Å². The van der Waals surface area contributed by atoms with Gasteiger partial charge in [-0.3, -0.25) is 14.4 Å². The number of amides is 2. The third-order valence-electron chi connectivity index (χ3n) is 2.33. The molecule has 0 saturated heterocycles. The molecular weight excluding hydrogens is 300 g/mol. The maximum atomic E-state index is 11.9. The Labute approximate surface area is 124 Å². The summed E-state index contributed by atoms with van der Waals surface area (Å²) in [6.45, 7) is 1.33. The Morgan fingerprint density at radius 3 is 2.52 bits per heavy atom. The zero-order valence-electron chi connectivity index (χ0n) is 11.3. The van der Waals surface area contributed by atoms with Gasteiger partial charge in [-0.2, -0.15) is 0 Å². The number of thiophene rings is 1. The fraction of sp³-hybridized carbons (Fsp3) is 0.333. The monoisotopic (exact) mass is 314 g/mol. The Morgan fingerprint density at radius 1 is 1.33 bits per heavy atom. The van der Waals surface area contributed by atoms with Crippen molar-refractivity contribution in [1.29, 1.82) is 0 Å². The summed E-state index contributed by atoms with van der Waals surface area (Å²) < 4.78 is 4.37. The van der Waals surface area contributed by atoms with Crippen molar-refractivity contribution < 1.29 is 29.0 Å². The van der Waals surface area contributed by atoms with E-state index in [0.29, 0.717) is 5.00 Å². The van der Waals surface area contributed by atoms with Crippen LogP contribution in [0.5, 0.6) is 0 Å². The SMILES string of the molecule is COC(=O)C[C@H](NC(=O)c1ccc(NC(C)=O)s1)C(=O)O. The smallest absolute Gasteiger partial charge is 0.326 e. The van der Waals surface area contributed by atoms with Crippen LogP contribution in [0.25, 0.3) is 0 Å². The standard InChI is InChI=1S/C12H14N2O6S/c1-6(15)13-9-4-3-8(21-9)11(17)14-7(12(18)19)5-10(16)20-2/h3-4,7H,5H2,1-2H3,(H,13,15)(H,14,17)(H,18,19)/t7-/m0/s1.